The molecule has 18 heavy (non-hydrogen) atoms. The Hall–Kier alpha value is -1.27. The molecular formula is C11H10ClF2NO3. The summed E-state index contributed by atoms with van der Waals surface area (Å²) in [5.41, 5.74) is -0.893. The summed E-state index contributed by atoms with van der Waals surface area (Å²) in [4.78, 5) is 10.4. The van der Waals surface area contributed by atoms with Crippen molar-refractivity contribution in [3.63, 3.8) is 0 Å². The van der Waals surface area contributed by atoms with E-state index in [1.54, 1.807) is 0 Å². The Kier molecular flexibility index (Phi) is 3.77. The predicted octanol–water partition coefficient (Wildman–Crippen LogP) is 3.03. The van der Waals surface area contributed by atoms with Crippen LogP contribution in [0.4, 0.5) is 8.78 Å². The molecule has 0 saturated carbocycles. The molecule has 0 N–H and O–H groups in total. The van der Waals surface area contributed by atoms with Crippen LogP contribution in [0.5, 0.6) is 0 Å². The Morgan fingerprint density at radius 2 is 2.11 bits per heavy atom. The largest absolute Gasteiger partial charge is 0.347 e. The van der Waals surface area contributed by atoms with Gasteiger partial charge in [-0.1, -0.05) is 11.6 Å². The van der Waals surface area contributed by atoms with Crippen LogP contribution in [-0.4, -0.2) is 16.5 Å². The first-order chi connectivity index (χ1) is 8.49. The fourth-order valence-corrected chi connectivity index (χ4v) is 2.24. The van der Waals surface area contributed by atoms with E-state index in [1.807, 2.05) is 0 Å². The van der Waals surface area contributed by atoms with Gasteiger partial charge in [0.05, 0.1) is 0 Å². The number of alkyl halides is 1. The van der Waals surface area contributed by atoms with E-state index >= 15 is 0 Å². The molecule has 7 heteroatoms. The van der Waals surface area contributed by atoms with Crippen LogP contribution in [0.25, 0.3) is 0 Å². The van der Waals surface area contributed by atoms with Gasteiger partial charge in [0, 0.05) is 16.9 Å². The number of halogens is 3. The van der Waals surface area contributed by atoms with Crippen LogP contribution in [0.15, 0.2) is 18.2 Å². The van der Waals surface area contributed by atoms with Gasteiger partial charge in [0.1, 0.15) is 17.2 Å². The van der Waals surface area contributed by atoms with Gasteiger partial charge in [0.15, 0.2) is 6.10 Å². The molecule has 3 atom stereocenters. The molecular weight excluding hydrogens is 268 g/mol. The summed E-state index contributed by atoms with van der Waals surface area (Å²) >= 11 is 5.76. The summed E-state index contributed by atoms with van der Waals surface area (Å²) in [6, 6.07) is 1.66. The van der Waals surface area contributed by atoms with Crippen LogP contribution in [-0.2, 0) is 4.74 Å². The van der Waals surface area contributed by atoms with Crippen LogP contribution in [0, 0.1) is 21.7 Å². The SMILES string of the molecule is O=[N+]([O-])C1CC[C@@H](Cl)O[C@@H]1c1cc(F)ccc1F. The molecule has 0 bridgehead atoms. The van der Waals surface area contributed by atoms with E-state index in [4.69, 9.17) is 16.3 Å². The van der Waals surface area contributed by atoms with Gasteiger partial charge in [0.25, 0.3) is 0 Å². The minimum absolute atomic E-state index is 0.165. The average Bonchev–Trinajstić information content (AvgIpc) is 2.31. The van der Waals surface area contributed by atoms with E-state index < -0.39 is 34.3 Å². The lowest BCUT2D eigenvalue weighted by Crippen LogP contribution is -2.36. The lowest BCUT2D eigenvalue weighted by Gasteiger charge is -2.29. The van der Waals surface area contributed by atoms with Crippen molar-refractivity contribution in [2.75, 3.05) is 0 Å². The van der Waals surface area contributed by atoms with E-state index in [1.165, 1.54) is 0 Å². The van der Waals surface area contributed by atoms with Gasteiger partial charge in [-0.05, 0) is 24.6 Å². The van der Waals surface area contributed by atoms with Gasteiger partial charge in [-0.25, -0.2) is 8.78 Å². The summed E-state index contributed by atoms with van der Waals surface area (Å²) in [5.74, 6) is -1.41. The third-order valence-electron chi connectivity index (χ3n) is 2.87. The van der Waals surface area contributed by atoms with Crippen molar-refractivity contribution in [2.24, 2.45) is 0 Å². The smallest absolute Gasteiger partial charge is 0.243 e. The van der Waals surface area contributed by atoms with E-state index in [-0.39, 0.29) is 12.0 Å². The molecule has 0 aliphatic carbocycles. The van der Waals surface area contributed by atoms with Crippen LogP contribution < -0.4 is 0 Å². The van der Waals surface area contributed by atoms with Crippen molar-refractivity contribution in [1.29, 1.82) is 0 Å². The third kappa shape index (κ3) is 2.59. The lowest BCUT2D eigenvalue weighted by atomic mass is 9.96. The highest BCUT2D eigenvalue weighted by molar-refractivity contribution is 6.19. The van der Waals surface area contributed by atoms with Gasteiger partial charge in [-0.3, -0.25) is 10.1 Å². The average molecular weight is 278 g/mol. The minimum Gasteiger partial charge on any atom is -0.347 e. The number of nitrogens with zero attached hydrogens (tertiary/aromatic N) is 1. The second kappa shape index (κ2) is 5.16. The number of benzene rings is 1. The highest BCUT2D eigenvalue weighted by atomic mass is 35.5. The zero-order chi connectivity index (χ0) is 13.3. The molecule has 0 radical (unpaired) electrons. The first-order valence-electron chi connectivity index (χ1n) is 5.37. The molecule has 2 rings (SSSR count). The number of hydrogen-bond acceptors (Lipinski definition) is 3. The zero-order valence-electron chi connectivity index (χ0n) is 9.18. The van der Waals surface area contributed by atoms with Gasteiger partial charge in [-0.15, -0.1) is 0 Å². The zero-order valence-corrected chi connectivity index (χ0v) is 9.94. The summed E-state index contributed by atoms with van der Waals surface area (Å²) in [5, 5.41) is 10.9. The van der Waals surface area contributed by atoms with Crippen LogP contribution in [0.1, 0.15) is 24.5 Å². The first-order valence-corrected chi connectivity index (χ1v) is 5.80. The van der Waals surface area contributed by atoms with Crippen molar-refractivity contribution < 1.29 is 18.4 Å². The summed E-state index contributed by atoms with van der Waals surface area (Å²) in [6.07, 6.45) is -0.686. The summed E-state index contributed by atoms with van der Waals surface area (Å²) in [7, 11) is 0. The Morgan fingerprint density at radius 3 is 2.78 bits per heavy atom. The Bertz CT molecular complexity index is 472. The van der Waals surface area contributed by atoms with E-state index in [0.717, 1.165) is 18.2 Å². The quantitative estimate of drug-likeness (QED) is 0.474. The van der Waals surface area contributed by atoms with Gasteiger partial charge in [0.2, 0.25) is 6.04 Å². The van der Waals surface area contributed by atoms with Gasteiger partial charge >= 0.3 is 0 Å². The highest BCUT2D eigenvalue weighted by Gasteiger charge is 2.41. The van der Waals surface area contributed by atoms with Gasteiger partial charge < -0.3 is 4.74 Å². The number of ether oxygens (including phenoxy) is 1. The number of hydrogen-bond donors (Lipinski definition) is 0. The number of rotatable bonds is 2. The number of nitro groups is 1. The Balaban J connectivity index is 2.37. The highest BCUT2D eigenvalue weighted by Crippen LogP contribution is 2.35. The van der Waals surface area contributed by atoms with Crippen LogP contribution >= 0.6 is 11.6 Å². The molecule has 0 amide bonds. The molecule has 1 aliphatic heterocycles. The molecule has 1 saturated heterocycles. The molecule has 98 valence electrons. The summed E-state index contributed by atoms with van der Waals surface area (Å²) < 4.78 is 31.9. The molecule has 1 heterocycles. The normalized spacial score (nSPS) is 28.1. The fraction of sp³-hybridized carbons (Fsp3) is 0.455. The maximum atomic E-state index is 13.6. The molecule has 4 nitrogen and oxygen atoms in total. The van der Waals surface area contributed by atoms with Crippen molar-refractivity contribution >= 4 is 11.6 Å². The Morgan fingerprint density at radius 1 is 1.39 bits per heavy atom. The van der Waals surface area contributed by atoms with E-state index in [9.17, 15) is 18.9 Å². The monoisotopic (exact) mass is 277 g/mol. The standard InChI is InChI=1S/C11H10ClF2NO3/c12-10-4-3-9(15(16)17)11(18-10)7-5-6(13)1-2-8(7)14/h1-2,5,9-11H,3-4H2/t9?,10-,11+/m0/s1. The lowest BCUT2D eigenvalue weighted by molar-refractivity contribution is -0.543. The topological polar surface area (TPSA) is 52.4 Å². The molecule has 1 fully saturated rings. The van der Waals surface area contributed by atoms with Crippen molar-refractivity contribution in [3.8, 4) is 0 Å². The molecule has 1 aromatic rings. The molecule has 0 aromatic heterocycles. The van der Waals surface area contributed by atoms with Gasteiger partial charge in [-0.2, -0.15) is 0 Å². The maximum absolute atomic E-state index is 13.6. The third-order valence-corrected chi connectivity index (χ3v) is 3.19. The van der Waals surface area contributed by atoms with Crippen molar-refractivity contribution in [2.45, 2.75) is 30.6 Å². The first kappa shape index (κ1) is 13.2. The minimum atomic E-state index is -1.16. The molecule has 1 aliphatic rings. The Labute approximate surface area is 107 Å². The molecule has 1 unspecified atom stereocenters. The predicted molar refractivity (Wildman–Crippen MR) is 59.8 cm³/mol. The van der Waals surface area contributed by atoms with Crippen LogP contribution in [0.3, 0.4) is 0 Å². The van der Waals surface area contributed by atoms with E-state index in [0.29, 0.717) is 6.42 Å². The van der Waals surface area contributed by atoms with Crippen molar-refractivity contribution in [3.05, 3.63) is 45.5 Å². The van der Waals surface area contributed by atoms with E-state index in [2.05, 4.69) is 0 Å². The second-order valence-electron chi connectivity index (χ2n) is 4.06. The maximum Gasteiger partial charge on any atom is 0.243 e. The molecule has 0 spiro atoms. The fourth-order valence-electron chi connectivity index (χ4n) is 2.00. The van der Waals surface area contributed by atoms with Crippen LogP contribution in [0.2, 0.25) is 0 Å². The second-order valence-corrected chi connectivity index (χ2v) is 4.55. The van der Waals surface area contributed by atoms with Crippen molar-refractivity contribution in [1.82, 2.24) is 0 Å². The summed E-state index contributed by atoms with van der Waals surface area (Å²) in [6.45, 7) is 0. The molecule has 1 aromatic carbocycles.